The van der Waals surface area contributed by atoms with Crippen LogP contribution in [0, 0.1) is 5.82 Å². The SMILES string of the molecule is CN(CCc1ccncc1)c1nncc(NCc2ccc(F)cc2)n1. The molecular weight excluding hydrogens is 319 g/mol. The third-order valence-electron chi connectivity index (χ3n) is 3.76. The summed E-state index contributed by atoms with van der Waals surface area (Å²) in [5, 5.41) is 11.3. The van der Waals surface area contributed by atoms with Crippen LogP contribution in [0.2, 0.25) is 0 Å². The maximum Gasteiger partial charge on any atom is 0.247 e. The quantitative estimate of drug-likeness (QED) is 0.714. The molecule has 25 heavy (non-hydrogen) atoms. The number of anilines is 2. The van der Waals surface area contributed by atoms with Crippen LogP contribution in [0.15, 0.2) is 55.0 Å². The fourth-order valence-electron chi connectivity index (χ4n) is 2.28. The van der Waals surface area contributed by atoms with Crippen molar-refractivity contribution in [1.82, 2.24) is 20.2 Å². The van der Waals surface area contributed by atoms with Crippen molar-refractivity contribution >= 4 is 11.8 Å². The number of hydrogen-bond donors (Lipinski definition) is 1. The van der Waals surface area contributed by atoms with Gasteiger partial charge in [0.15, 0.2) is 5.82 Å². The second kappa shape index (κ2) is 8.14. The second-order valence-electron chi connectivity index (χ2n) is 5.65. The van der Waals surface area contributed by atoms with E-state index in [9.17, 15) is 4.39 Å². The zero-order valence-electron chi connectivity index (χ0n) is 13.9. The Balaban J connectivity index is 1.57. The summed E-state index contributed by atoms with van der Waals surface area (Å²) in [5.74, 6) is 0.939. The van der Waals surface area contributed by atoms with Gasteiger partial charge in [-0.2, -0.15) is 10.1 Å². The molecule has 2 heterocycles. The minimum atomic E-state index is -0.245. The summed E-state index contributed by atoms with van der Waals surface area (Å²) in [6, 6.07) is 10.3. The van der Waals surface area contributed by atoms with Crippen LogP contribution in [0.3, 0.4) is 0 Å². The molecule has 1 aromatic carbocycles. The Morgan fingerprint density at radius 1 is 1.04 bits per heavy atom. The van der Waals surface area contributed by atoms with Gasteiger partial charge in [0.2, 0.25) is 5.95 Å². The van der Waals surface area contributed by atoms with Crippen molar-refractivity contribution in [2.24, 2.45) is 0 Å². The number of nitrogens with one attached hydrogen (secondary N) is 1. The van der Waals surface area contributed by atoms with Crippen molar-refractivity contribution in [2.45, 2.75) is 13.0 Å². The van der Waals surface area contributed by atoms with Gasteiger partial charge < -0.3 is 10.2 Å². The lowest BCUT2D eigenvalue weighted by Gasteiger charge is -2.17. The van der Waals surface area contributed by atoms with Crippen molar-refractivity contribution in [2.75, 3.05) is 23.8 Å². The van der Waals surface area contributed by atoms with Crippen molar-refractivity contribution < 1.29 is 4.39 Å². The van der Waals surface area contributed by atoms with Crippen LogP contribution in [-0.2, 0) is 13.0 Å². The van der Waals surface area contributed by atoms with E-state index in [-0.39, 0.29) is 5.82 Å². The van der Waals surface area contributed by atoms with E-state index < -0.39 is 0 Å². The first kappa shape index (κ1) is 16.8. The molecule has 6 nitrogen and oxygen atoms in total. The molecule has 0 aliphatic heterocycles. The topological polar surface area (TPSA) is 66.8 Å². The summed E-state index contributed by atoms with van der Waals surface area (Å²) in [5.41, 5.74) is 2.17. The second-order valence-corrected chi connectivity index (χ2v) is 5.65. The minimum absolute atomic E-state index is 0.245. The summed E-state index contributed by atoms with van der Waals surface area (Å²) in [6.07, 6.45) is 6.01. The van der Waals surface area contributed by atoms with E-state index >= 15 is 0 Å². The maximum atomic E-state index is 12.9. The lowest BCUT2D eigenvalue weighted by atomic mass is 10.2. The zero-order chi connectivity index (χ0) is 17.5. The van der Waals surface area contributed by atoms with Gasteiger partial charge >= 0.3 is 0 Å². The van der Waals surface area contributed by atoms with Gasteiger partial charge in [-0.05, 0) is 41.8 Å². The Morgan fingerprint density at radius 2 is 1.80 bits per heavy atom. The first-order chi connectivity index (χ1) is 12.2. The predicted octanol–water partition coefficient (Wildman–Crippen LogP) is 2.70. The molecule has 3 aromatic rings. The smallest absolute Gasteiger partial charge is 0.247 e. The standard InChI is InChI=1S/C18H19FN6/c1-25(11-8-14-6-9-20-10-7-14)18-23-17(13-22-24-18)21-12-15-2-4-16(19)5-3-15/h2-7,9-10,13H,8,11-12H2,1H3,(H,21,23,24). The Labute approximate surface area is 145 Å². The minimum Gasteiger partial charge on any atom is -0.365 e. The number of rotatable bonds is 7. The molecule has 1 N–H and O–H groups in total. The van der Waals surface area contributed by atoms with Crippen LogP contribution < -0.4 is 10.2 Å². The Hall–Kier alpha value is -3.09. The molecule has 2 aromatic heterocycles. The highest BCUT2D eigenvalue weighted by Gasteiger charge is 2.07. The van der Waals surface area contributed by atoms with E-state index in [1.807, 2.05) is 24.1 Å². The average Bonchev–Trinajstić information content (AvgIpc) is 2.67. The molecule has 0 aliphatic carbocycles. The number of likely N-dealkylation sites (N-methyl/N-ethyl adjacent to an activating group) is 1. The number of aromatic nitrogens is 4. The molecule has 0 amide bonds. The molecule has 0 unspecified atom stereocenters. The molecule has 3 rings (SSSR count). The Bertz CT molecular complexity index is 794. The Kier molecular flexibility index (Phi) is 5.46. The monoisotopic (exact) mass is 338 g/mol. The molecule has 0 radical (unpaired) electrons. The lowest BCUT2D eigenvalue weighted by molar-refractivity contribution is 0.627. The van der Waals surface area contributed by atoms with E-state index in [1.54, 1.807) is 30.7 Å². The number of hydrogen-bond acceptors (Lipinski definition) is 6. The number of pyridine rings is 1. The third kappa shape index (κ3) is 4.94. The third-order valence-corrected chi connectivity index (χ3v) is 3.76. The van der Waals surface area contributed by atoms with Crippen LogP contribution in [0.4, 0.5) is 16.2 Å². The summed E-state index contributed by atoms with van der Waals surface area (Å²) in [7, 11) is 1.93. The number of nitrogens with zero attached hydrogens (tertiary/aromatic N) is 5. The molecule has 0 spiro atoms. The van der Waals surface area contributed by atoms with Crippen molar-refractivity contribution in [1.29, 1.82) is 0 Å². The van der Waals surface area contributed by atoms with Crippen molar-refractivity contribution in [3.8, 4) is 0 Å². The molecule has 0 saturated heterocycles. The highest BCUT2D eigenvalue weighted by atomic mass is 19.1. The molecular formula is C18H19FN6. The van der Waals surface area contributed by atoms with Crippen LogP contribution in [0.25, 0.3) is 0 Å². The summed E-state index contributed by atoms with van der Waals surface area (Å²) < 4.78 is 12.9. The average molecular weight is 338 g/mol. The molecule has 7 heteroatoms. The van der Waals surface area contributed by atoms with Gasteiger partial charge in [-0.1, -0.05) is 12.1 Å². The van der Waals surface area contributed by atoms with Crippen LogP contribution in [-0.4, -0.2) is 33.8 Å². The fraction of sp³-hybridized carbons (Fsp3) is 0.222. The molecule has 0 bridgehead atoms. The van der Waals surface area contributed by atoms with Crippen molar-refractivity contribution in [3.05, 3.63) is 71.9 Å². The highest BCUT2D eigenvalue weighted by Crippen LogP contribution is 2.11. The van der Waals surface area contributed by atoms with Gasteiger partial charge in [0.25, 0.3) is 0 Å². The first-order valence-electron chi connectivity index (χ1n) is 7.99. The van der Waals surface area contributed by atoms with E-state index in [2.05, 4.69) is 25.5 Å². The molecule has 0 fully saturated rings. The molecule has 0 aliphatic rings. The lowest BCUT2D eigenvalue weighted by Crippen LogP contribution is -2.23. The maximum absolute atomic E-state index is 12.9. The van der Waals surface area contributed by atoms with Gasteiger partial charge in [0.1, 0.15) is 5.82 Å². The van der Waals surface area contributed by atoms with Gasteiger partial charge in [0.05, 0.1) is 6.20 Å². The van der Waals surface area contributed by atoms with Crippen molar-refractivity contribution in [3.63, 3.8) is 0 Å². The van der Waals surface area contributed by atoms with Gasteiger partial charge in [-0.15, -0.1) is 5.10 Å². The van der Waals surface area contributed by atoms with Crippen LogP contribution in [0.5, 0.6) is 0 Å². The molecule has 0 atom stereocenters. The largest absolute Gasteiger partial charge is 0.365 e. The normalized spacial score (nSPS) is 10.5. The molecule has 128 valence electrons. The number of benzene rings is 1. The van der Waals surface area contributed by atoms with E-state index in [1.165, 1.54) is 17.7 Å². The number of halogens is 1. The highest BCUT2D eigenvalue weighted by molar-refractivity contribution is 5.39. The van der Waals surface area contributed by atoms with Crippen LogP contribution in [0.1, 0.15) is 11.1 Å². The Morgan fingerprint density at radius 3 is 2.56 bits per heavy atom. The molecule has 0 saturated carbocycles. The summed E-state index contributed by atoms with van der Waals surface area (Å²) >= 11 is 0. The van der Waals surface area contributed by atoms with E-state index in [0.29, 0.717) is 18.3 Å². The summed E-state index contributed by atoms with van der Waals surface area (Å²) in [6.45, 7) is 1.31. The summed E-state index contributed by atoms with van der Waals surface area (Å²) in [4.78, 5) is 10.4. The van der Waals surface area contributed by atoms with Crippen LogP contribution >= 0.6 is 0 Å². The van der Waals surface area contributed by atoms with E-state index in [0.717, 1.165) is 18.5 Å². The van der Waals surface area contributed by atoms with Gasteiger partial charge in [-0.25, -0.2) is 4.39 Å². The predicted molar refractivity (Wildman–Crippen MR) is 94.8 cm³/mol. The van der Waals surface area contributed by atoms with Gasteiger partial charge in [0, 0.05) is 32.5 Å². The van der Waals surface area contributed by atoms with Gasteiger partial charge in [-0.3, -0.25) is 4.98 Å². The first-order valence-corrected chi connectivity index (χ1v) is 7.99. The fourth-order valence-corrected chi connectivity index (χ4v) is 2.28. The zero-order valence-corrected chi connectivity index (χ0v) is 13.9. The van der Waals surface area contributed by atoms with E-state index in [4.69, 9.17) is 0 Å².